The zero-order valence-corrected chi connectivity index (χ0v) is 9.75. The molecule has 0 aliphatic heterocycles. The van der Waals surface area contributed by atoms with Crippen LogP contribution in [0.25, 0.3) is 0 Å². The highest BCUT2D eigenvalue weighted by Gasteiger charge is 2.02. The molecule has 78 valence electrons. The third kappa shape index (κ3) is 3.65. The minimum absolute atomic E-state index is 0.599. The molecule has 0 radical (unpaired) electrons. The predicted octanol–water partition coefficient (Wildman–Crippen LogP) is 2.91. The fourth-order valence-corrected chi connectivity index (χ4v) is 2.02. The second-order valence-electron chi connectivity index (χ2n) is 3.36. The number of unbranched alkanes of at least 4 members (excludes halogenated alkanes) is 1. The fraction of sp³-hybridized carbons (Fsp3) is 0.455. The molecule has 0 saturated heterocycles. The van der Waals surface area contributed by atoms with Gasteiger partial charge in [0.1, 0.15) is 0 Å². The monoisotopic (exact) mass is 212 g/mol. The van der Waals surface area contributed by atoms with Crippen LogP contribution in [0.2, 0.25) is 0 Å². The molecule has 0 N–H and O–H groups in total. The van der Waals surface area contributed by atoms with E-state index in [1.54, 1.807) is 0 Å². The minimum atomic E-state index is -2.01. The molecule has 0 amide bonds. The maximum Gasteiger partial charge on any atom is 0.220 e. The van der Waals surface area contributed by atoms with Gasteiger partial charge in [-0.05, 0) is 25.5 Å². The molecule has 0 aromatic heterocycles. The Morgan fingerprint density at radius 2 is 1.93 bits per heavy atom. The van der Waals surface area contributed by atoms with Crippen LogP contribution in [0.3, 0.4) is 0 Å². The van der Waals surface area contributed by atoms with E-state index in [1.807, 2.05) is 31.2 Å². The van der Waals surface area contributed by atoms with E-state index in [0.717, 1.165) is 18.1 Å². The Kier molecular flexibility index (Phi) is 4.92. The molecule has 0 saturated carbocycles. The molecule has 14 heavy (non-hydrogen) atoms. The topological polar surface area (TPSA) is 26.3 Å². The van der Waals surface area contributed by atoms with Crippen molar-refractivity contribution in [3.8, 4) is 0 Å². The normalized spacial score (nSPS) is 12.7. The Hall–Kier alpha value is -0.590. The minimum Gasteiger partial charge on any atom is -0.327 e. The Morgan fingerprint density at radius 3 is 2.50 bits per heavy atom. The van der Waals surface area contributed by atoms with E-state index in [-0.39, 0.29) is 0 Å². The number of aryl methyl sites for hydroxylation is 1. The van der Waals surface area contributed by atoms with Crippen molar-refractivity contribution in [2.75, 3.05) is 6.61 Å². The van der Waals surface area contributed by atoms with Gasteiger partial charge < -0.3 is 4.52 Å². The zero-order valence-electron chi connectivity index (χ0n) is 8.75. The average molecular weight is 212 g/mol. The lowest BCUT2D eigenvalue weighted by atomic mass is 10.2. The molecule has 3 heteroatoms. The SMILES string of the molecule is CCCCO[PH](=O)c1ccc(C)cc1. The summed E-state index contributed by atoms with van der Waals surface area (Å²) in [6.07, 6.45) is 2.05. The molecule has 1 rings (SSSR count). The summed E-state index contributed by atoms with van der Waals surface area (Å²) in [7, 11) is -2.01. The second kappa shape index (κ2) is 6.00. The summed E-state index contributed by atoms with van der Waals surface area (Å²) in [5.41, 5.74) is 1.18. The zero-order chi connectivity index (χ0) is 10.4. The van der Waals surface area contributed by atoms with E-state index in [4.69, 9.17) is 4.52 Å². The summed E-state index contributed by atoms with van der Waals surface area (Å²) in [4.78, 5) is 0. The van der Waals surface area contributed by atoms with Crippen molar-refractivity contribution in [3.63, 3.8) is 0 Å². The fourth-order valence-electron chi connectivity index (χ4n) is 1.08. The maximum absolute atomic E-state index is 11.6. The lowest BCUT2D eigenvalue weighted by molar-refractivity contribution is 0.326. The van der Waals surface area contributed by atoms with Gasteiger partial charge in [-0.15, -0.1) is 0 Å². The van der Waals surface area contributed by atoms with Crippen molar-refractivity contribution in [2.45, 2.75) is 26.7 Å². The predicted molar refractivity (Wildman–Crippen MR) is 60.7 cm³/mol. The van der Waals surface area contributed by atoms with Crippen molar-refractivity contribution in [2.24, 2.45) is 0 Å². The van der Waals surface area contributed by atoms with E-state index in [9.17, 15) is 4.57 Å². The van der Waals surface area contributed by atoms with E-state index in [2.05, 4.69) is 6.92 Å². The van der Waals surface area contributed by atoms with Crippen molar-refractivity contribution < 1.29 is 9.09 Å². The third-order valence-electron chi connectivity index (χ3n) is 2.02. The van der Waals surface area contributed by atoms with Crippen LogP contribution in [0.1, 0.15) is 25.3 Å². The van der Waals surface area contributed by atoms with Crippen LogP contribution in [-0.2, 0) is 9.09 Å². The number of benzene rings is 1. The maximum atomic E-state index is 11.6. The summed E-state index contributed by atoms with van der Waals surface area (Å²) in [6, 6.07) is 7.67. The van der Waals surface area contributed by atoms with Crippen molar-refractivity contribution in [1.29, 1.82) is 0 Å². The number of hydrogen-bond acceptors (Lipinski definition) is 2. The molecular weight excluding hydrogens is 195 g/mol. The first-order valence-electron chi connectivity index (χ1n) is 4.98. The molecule has 1 aromatic rings. The first kappa shape index (κ1) is 11.5. The van der Waals surface area contributed by atoms with Crippen LogP contribution >= 0.6 is 8.03 Å². The molecule has 0 fully saturated rings. The van der Waals surface area contributed by atoms with Crippen LogP contribution < -0.4 is 5.30 Å². The van der Waals surface area contributed by atoms with Crippen LogP contribution in [-0.4, -0.2) is 6.61 Å². The first-order valence-corrected chi connectivity index (χ1v) is 6.29. The van der Waals surface area contributed by atoms with E-state index in [0.29, 0.717) is 6.61 Å². The average Bonchev–Trinajstić information content (AvgIpc) is 2.19. The highest BCUT2D eigenvalue weighted by molar-refractivity contribution is 7.48. The van der Waals surface area contributed by atoms with E-state index < -0.39 is 8.03 Å². The summed E-state index contributed by atoms with van der Waals surface area (Å²) >= 11 is 0. The third-order valence-corrected chi connectivity index (χ3v) is 3.29. The Balaban J connectivity index is 2.48. The van der Waals surface area contributed by atoms with Gasteiger partial charge in [0, 0.05) is 5.30 Å². The van der Waals surface area contributed by atoms with Crippen LogP contribution in [0.15, 0.2) is 24.3 Å². The largest absolute Gasteiger partial charge is 0.327 e. The van der Waals surface area contributed by atoms with Crippen molar-refractivity contribution in [3.05, 3.63) is 29.8 Å². The quantitative estimate of drug-likeness (QED) is 0.554. The van der Waals surface area contributed by atoms with Crippen LogP contribution in [0, 0.1) is 6.92 Å². The molecule has 0 spiro atoms. The van der Waals surface area contributed by atoms with Gasteiger partial charge in [-0.1, -0.05) is 31.0 Å². The summed E-state index contributed by atoms with van der Waals surface area (Å²) in [5, 5.41) is 0.816. The van der Waals surface area contributed by atoms with Crippen LogP contribution in [0.4, 0.5) is 0 Å². The number of hydrogen-bond donors (Lipinski definition) is 0. The van der Waals surface area contributed by atoms with Gasteiger partial charge in [-0.3, -0.25) is 4.57 Å². The second-order valence-corrected chi connectivity index (χ2v) is 4.80. The van der Waals surface area contributed by atoms with E-state index in [1.165, 1.54) is 5.56 Å². The van der Waals surface area contributed by atoms with E-state index >= 15 is 0 Å². The summed E-state index contributed by atoms with van der Waals surface area (Å²) in [6.45, 7) is 4.70. The van der Waals surface area contributed by atoms with Crippen LogP contribution in [0.5, 0.6) is 0 Å². The van der Waals surface area contributed by atoms with Gasteiger partial charge in [-0.25, -0.2) is 0 Å². The lowest BCUT2D eigenvalue weighted by Crippen LogP contribution is -1.98. The highest BCUT2D eigenvalue weighted by atomic mass is 31.1. The Morgan fingerprint density at radius 1 is 1.29 bits per heavy atom. The first-order chi connectivity index (χ1) is 6.74. The lowest BCUT2D eigenvalue weighted by Gasteiger charge is -2.03. The molecule has 1 aromatic carbocycles. The van der Waals surface area contributed by atoms with Crippen molar-refractivity contribution >= 4 is 13.3 Å². The molecular formula is C11H17O2P. The Labute approximate surface area is 86.2 Å². The van der Waals surface area contributed by atoms with Gasteiger partial charge in [0.15, 0.2) is 0 Å². The van der Waals surface area contributed by atoms with Gasteiger partial charge in [0.25, 0.3) is 0 Å². The molecule has 2 nitrogen and oxygen atoms in total. The smallest absolute Gasteiger partial charge is 0.220 e. The molecule has 1 atom stereocenters. The molecule has 0 bridgehead atoms. The standard InChI is InChI=1S/C11H17O2P/c1-3-4-9-13-14(12)11-7-5-10(2)6-8-11/h5-8,14H,3-4,9H2,1-2H3. The molecule has 0 aliphatic carbocycles. The molecule has 1 unspecified atom stereocenters. The number of rotatable bonds is 5. The summed E-state index contributed by atoms with van der Waals surface area (Å²) < 4.78 is 16.8. The van der Waals surface area contributed by atoms with Gasteiger partial charge in [0.2, 0.25) is 8.03 Å². The highest BCUT2D eigenvalue weighted by Crippen LogP contribution is 2.21. The molecule has 0 heterocycles. The molecule has 0 aliphatic rings. The van der Waals surface area contributed by atoms with Gasteiger partial charge in [0.05, 0.1) is 6.61 Å². The van der Waals surface area contributed by atoms with Gasteiger partial charge >= 0.3 is 0 Å². The van der Waals surface area contributed by atoms with Gasteiger partial charge in [-0.2, -0.15) is 0 Å². The summed E-state index contributed by atoms with van der Waals surface area (Å²) in [5.74, 6) is 0. The van der Waals surface area contributed by atoms with Crippen molar-refractivity contribution in [1.82, 2.24) is 0 Å². The Bertz CT molecular complexity index is 293.